The Balaban J connectivity index is 1.18. The highest BCUT2D eigenvalue weighted by Crippen LogP contribution is 2.34. The summed E-state index contributed by atoms with van der Waals surface area (Å²) in [4.78, 5) is 28.2. The SMILES string of the molecule is CCc1nc2ccc(N3CC(NC(=O)CN4CC(O)C4)C3)cn2c1N(C)c1nc(-c2ccc(F)cc2)cs1. The lowest BCUT2D eigenvalue weighted by Crippen LogP contribution is -2.62. The lowest BCUT2D eigenvalue weighted by molar-refractivity contribution is -0.125. The molecule has 2 fully saturated rings. The molecule has 0 radical (unpaired) electrons. The van der Waals surface area contributed by atoms with Gasteiger partial charge in [0.05, 0.1) is 35.8 Å². The first kappa shape index (κ1) is 24.8. The molecular formula is C27H30FN7O2S. The lowest BCUT2D eigenvalue weighted by atomic mass is 10.1. The van der Waals surface area contributed by atoms with Gasteiger partial charge in [-0.15, -0.1) is 11.3 Å². The second-order valence-corrected chi connectivity index (χ2v) is 10.8. The highest BCUT2D eigenvalue weighted by Gasteiger charge is 2.31. The van der Waals surface area contributed by atoms with Crippen LogP contribution >= 0.6 is 11.3 Å². The molecule has 0 aliphatic carbocycles. The van der Waals surface area contributed by atoms with Crippen molar-refractivity contribution >= 4 is 39.5 Å². The van der Waals surface area contributed by atoms with E-state index in [-0.39, 0.29) is 23.9 Å². The number of aryl methyl sites for hydroxylation is 1. The summed E-state index contributed by atoms with van der Waals surface area (Å²) in [7, 11) is 1.99. The van der Waals surface area contributed by atoms with Crippen molar-refractivity contribution in [3.63, 3.8) is 0 Å². The first-order valence-corrected chi connectivity index (χ1v) is 13.7. The van der Waals surface area contributed by atoms with Gasteiger partial charge < -0.3 is 20.2 Å². The molecule has 11 heteroatoms. The number of amides is 1. The van der Waals surface area contributed by atoms with Gasteiger partial charge in [-0.3, -0.25) is 14.1 Å². The number of aliphatic hydroxyl groups excluding tert-OH is 1. The topological polar surface area (TPSA) is 89.2 Å². The third kappa shape index (κ3) is 4.72. The van der Waals surface area contributed by atoms with E-state index in [1.54, 1.807) is 12.1 Å². The first-order valence-electron chi connectivity index (χ1n) is 12.8. The Morgan fingerprint density at radius 2 is 1.92 bits per heavy atom. The van der Waals surface area contributed by atoms with Crippen LogP contribution in [0.5, 0.6) is 0 Å². The number of carbonyl (C=O) groups is 1. The standard InChI is InChI=1S/C27H30FN7O2S/c1-3-22-26(32(2)27-31-23(16-38-27)17-4-6-18(28)7-5-17)35-12-20(8-9-24(35)30-22)34-10-19(11-34)29-25(37)15-33-13-21(36)14-33/h4-9,12,16,19,21,36H,3,10-11,13-15H2,1-2H3,(H,29,37). The Hall–Kier alpha value is -3.54. The van der Waals surface area contributed by atoms with Gasteiger partial charge in [-0.05, 0) is 42.8 Å². The van der Waals surface area contributed by atoms with Gasteiger partial charge in [0, 0.05) is 50.4 Å². The number of anilines is 3. The minimum Gasteiger partial charge on any atom is -0.390 e. The number of likely N-dealkylation sites (tertiary alicyclic amines) is 1. The normalized spacial score (nSPS) is 16.5. The van der Waals surface area contributed by atoms with Crippen molar-refractivity contribution in [3.05, 3.63) is 59.5 Å². The number of imidazole rings is 1. The maximum absolute atomic E-state index is 13.4. The molecule has 1 amide bonds. The van der Waals surface area contributed by atoms with E-state index in [1.165, 1.54) is 23.5 Å². The molecule has 0 saturated carbocycles. The second-order valence-electron chi connectivity index (χ2n) is 9.95. The average molecular weight is 536 g/mol. The Bertz CT molecular complexity index is 1460. The van der Waals surface area contributed by atoms with Gasteiger partial charge in [-0.2, -0.15) is 0 Å². The largest absolute Gasteiger partial charge is 0.390 e. The van der Waals surface area contributed by atoms with Crippen molar-refractivity contribution in [1.82, 2.24) is 24.6 Å². The number of hydrogen-bond acceptors (Lipinski definition) is 8. The predicted octanol–water partition coefficient (Wildman–Crippen LogP) is 2.91. The fourth-order valence-electron chi connectivity index (χ4n) is 5.04. The number of thiazole rings is 1. The molecule has 38 heavy (non-hydrogen) atoms. The van der Waals surface area contributed by atoms with Gasteiger partial charge >= 0.3 is 0 Å². The molecule has 4 aromatic rings. The summed E-state index contributed by atoms with van der Waals surface area (Å²) in [5.74, 6) is 0.705. The maximum Gasteiger partial charge on any atom is 0.234 e. The molecule has 0 bridgehead atoms. The zero-order valence-corrected chi connectivity index (χ0v) is 22.2. The average Bonchev–Trinajstić information content (AvgIpc) is 3.50. The lowest BCUT2D eigenvalue weighted by Gasteiger charge is -2.42. The fraction of sp³-hybridized carbons (Fsp3) is 0.370. The Morgan fingerprint density at radius 1 is 1.16 bits per heavy atom. The van der Waals surface area contributed by atoms with Crippen LogP contribution in [0.25, 0.3) is 16.9 Å². The highest BCUT2D eigenvalue weighted by atomic mass is 32.1. The molecular weight excluding hydrogens is 505 g/mol. The Kier molecular flexibility index (Phi) is 6.50. The summed E-state index contributed by atoms with van der Waals surface area (Å²) >= 11 is 1.54. The zero-order chi connectivity index (χ0) is 26.4. The number of nitrogens with zero attached hydrogens (tertiary/aromatic N) is 6. The number of rotatable bonds is 8. The van der Waals surface area contributed by atoms with Crippen LogP contribution in [-0.4, -0.2) is 82.2 Å². The third-order valence-corrected chi connectivity index (χ3v) is 8.05. The number of aliphatic hydroxyl groups is 1. The number of β-amino-alcohol motifs (C(OH)–C–C–N with tert-alkyl or cyclic N) is 1. The van der Waals surface area contributed by atoms with Crippen molar-refractivity contribution in [2.75, 3.05) is 49.6 Å². The van der Waals surface area contributed by atoms with E-state index in [0.717, 1.165) is 58.7 Å². The molecule has 2 saturated heterocycles. The van der Waals surface area contributed by atoms with Crippen molar-refractivity contribution < 1.29 is 14.3 Å². The number of hydrogen-bond donors (Lipinski definition) is 2. The van der Waals surface area contributed by atoms with E-state index in [9.17, 15) is 14.3 Å². The van der Waals surface area contributed by atoms with Crippen molar-refractivity contribution in [3.8, 4) is 11.3 Å². The van der Waals surface area contributed by atoms with Gasteiger partial charge in [0.2, 0.25) is 5.91 Å². The quantitative estimate of drug-likeness (QED) is 0.359. The monoisotopic (exact) mass is 535 g/mol. The summed E-state index contributed by atoms with van der Waals surface area (Å²) in [6.45, 7) is 5.06. The van der Waals surface area contributed by atoms with Gasteiger partial charge in [-0.1, -0.05) is 6.92 Å². The van der Waals surface area contributed by atoms with E-state index in [0.29, 0.717) is 19.6 Å². The van der Waals surface area contributed by atoms with E-state index < -0.39 is 0 Å². The van der Waals surface area contributed by atoms with Crippen LogP contribution in [0.3, 0.4) is 0 Å². The molecule has 2 aliphatic rings. The van der Waals surface area contributed by atoms with E-state index in [4.69, 9.17) is 9.97 Å². The Morgan fingerprint density at radius 3 is 2.63 bits per heavy atom. The van der Waals surface area contributed by atoms with Gasteiger partial charge in [0.15, 0.2) is 5.13 Å². The third-order valence-electron chi connectivity index (χ3n) is 7.14. The number of halogens is 1. The first-order chi connectivity index (χ1) is 18.4. The molecule has 0 spiro atoms. The summed E-state index contributed by atoms with van der Waals surface area (Å²) < 4.78 is 15.5. The van der Waals surface area contributed by atoms with E-state index in [2.05, 4.69) is 38.7 Å². The van der Waals surface area contributed by atoms with Gasteiger partial charge in [0.25, 0.3) is 0 Å². The molecule has 2 aliphatic heterocycles. The zero-order valence-electron chi connectivity index (χ0n) is 21.3. The molecule has 0 atom stereocenters. The molecule has 0 unspecified atom stereocenters. The predicted molar refractivity (Wildman–Crippen MR) is 147 cm³/mol. The number of fused-ring (bicyclic) bond motifs is 1. The number of nitrogens with one attached hydrogen (secondary N) is 1. The summed E-state index contributed by atoms with van der Waals surface area (Å²) in [6, 6.07) is 10.6. The smallest absolute Gasteiger partial charge is 0.234 e. The molecule has 9 nitrogen and oxygen atoms in total. The summed E-state index contributed by atoms with van der Waals surface area (Å²) in [6.07, 6.45) is 2.57. The van der Waals surface area contributed by atoms with Crippen LogP contribution < -0.4 is 15.1 Å². The summed E-state index contributed by atoms with van der Waals surface area (Å²) in [5, 5.41) is 15.3. The van der Waals surface area contributed by atoms with Crippen molar-refractivity contribution in [2.45, 2.75) is 25.5 Å². The minimum atomic E-state index is -0.301. The maximum atomic E-state index is 13.4. The van der Waals surface area contributed by atoms with E-state index >= 15 is 0 Å². The van der Waals surface area contributed by atoms with Crippen LogP contribution in [0.4, 0.5) is 21.0 Å². The molecule has 1 aromatic carbocycles. The molecule has 6 rings (SSSR count). The van der Waals surface area contributed by atoms with Gasteiger partial charge in [0.1, 0.15) is 17.3 Å². The molecule has 5 heterocycles. The van der Waals surface area contributed by atoms with Crippen LogP contribution in [0, 0.1) is 5.82 Å². The van der Waals surface area contributed by atoms with Crippen LogP contribution in [0.15, 0.2) is 48.0 Å². The van der Waals surface area contributed by atoms with Gasteiger partial charge in [-0.25, -0.2) is 14.4 Å². The highest BCUT2D eigenvalue weighted by molar-refractivity contribution is 7.14. The number of pyridine rings is 1. The number of benzene rings is 1. The van der Waals surface area contributed by atoms with Crippen molar-refractivity contribution in [2.24, 2.45) is 0 Å². The number of carbonyl (C=O) groups excluding carboxylic acids is 1. The Labute approximate surface area is 224 Å². The summed E-state index contributed by atoms with van der Waals surface area (Å²) in [5.41, 5.74) is 4.59. The number of aromatic nitrogens is 3. The van der Waals surface area contributed by atoms with E-state index in [1.807, 2.05) is 23.4 Å². The van der Waals surface area contributed by atoms with Crippen molar-refractivity contribution in [1.29, 1.82) is 0 Å². The van der Waals surface area contributed by atoms with Crippen LogP contribution in [0.2, 0.25) is 0 Å². The van der Waals surface area contributed by atoms with Crippen LogP contribution in [-0.2, 0) is 11.2 Å². The molecule has 198 valence electrons. The minimum absolute atomic E-state index is 0.00608. The second kappa shape index (κ2) is 9.97. The van der Waals surface area contributed by atoms with Crippen LogP contribution in [0.1, 0.15) is 12.6 Å². The fourth-order valence-corrected chi connectivity index (χ4v) is 5.84. The molecule has 3 aromatic heterocycles. The molecule has 2 N–H and O–H groups in total.